The van der Waals surface area contributed by atoms with Crippen molar-refractivity contribution in [2.45, 2.75) is 37.5 Å². The first-order chi connectivity index (χ1) is 8.78. The summed E-state index contributed by atoms with van der Waals surface area (Å²) in [4.78, 5) is 19.8. The molecule has 2 N–H and O–H groups in total. The van der Waals surface area contributed by atoms with E-state index in [1.807, 2.05) is 19.3 Å². The van der Waals surface area contributed by atoms with Crippen LogP contribution >= 0.6 is 11.8 Å². The smallest absolute Gasteiger partial charge is 0.230 e. The van der Waals surface area contributed by atoms with Crippen LogP contribution in [-0.4, -0.2) is 34.2 Å². The molecule has 0 saturated heterocycles. The fourth-order valence-corrected chi connectivity index (χ4v) is 2.05. The molecule has 6 heteroatoms. The summed E-state index contributed by atoms with van der Waals surface area (Å²) in [5.41, 5.74) is 1.09. The fourth-order valence-electron chi connectivity index (χ4n) is 1.44. The molecule has 0 spiro atoms. The number of amides is 1. The van der Waals surface area contributed by atoms with Gasteiger partial charge in [-0.2, -0.15) is 0 Å². The maximum Gasteiger partial charge on any atom is 0.230 e. The van der Waals surface area contributed by atoms with Crippen LogP contribution in [0.5, 0.6) is 0 Å². The predicted molar refractivity (Wildman–Crippen MR) is 71.3 cm³/mol. The Morgan fingerprint density at radius 3 is 2.78 bits per heavy atom. The van der Waals surface area contributed by atoms with Gasteiger partial charge in [0.15, 0.2) is 5.16 Å². The molecular weight excluding hydrogens is 248 g/mol. The van der Waals surface area contributed by atoms with Crippen molar-refractivity contribution in [1.29, 1.82) is 0 Å². The van der Waals surface area contributed by atoms with E-state index in [0.717, 1.165) is 12.1 Å². The third kappa shape index (κ3) is 4.62. The van der Waals surface area contributed by atoms with Gasteiger partial charge in [-0.05, 0) is 19.8 Å². The number of thioether (sulfide) groups is 1. The Kier molecular flexibility index (Phi) is 4.95. The van der Waals surface area contributed by atoms with Crippen LogP contribution in [-0.2, 0) is 11.3 Å². The number of carbonyl (C=O) groups is 1. The van der Waals surface area contributed by atoms with Crippen molar-refractivity contribution < 1.29 is 4.79 Å². The maximum atomic E-state index is 11.3. The van der Waals surface area contributed by atoms with Gasteiger partial charge >= 0.3 is 0 Å². The highest BCUT2D eigenvalue weighted by molar-refractivity contribution is 7.99. The van der Waals surface area contributed by atoms with Crippen molar-refractivity contribution in [1.82, 2.24) is 20.6 Å². The minimum atomic E-state index is 0.0191. The molecule has 5 nitrogen and oxygen atoms in total. The molecule has 0 bridgehead atoms. The van der Waals surface area contributed by atoms with Crippen molar-refractivity contribution in [2.24, 2.45) is 0 Å². The Labute approximate surface area is 111 Å². The average Bonchev–Trinajstić information content (AvgIpc) is 3.19. The normalized spacial score (nSPS) is 14.5. The summed E-state index contributed by atoms with van der Waals surface area (Å²) in [7, 11) is 0. The molecule has 1 aliphatic carbocycles. The Hall–Kier alpha value is -1.14. The first-order valence-electron chi connectivity index (χ1n) is 6.21. The molecule has 0 radical (unpaired) electrons. The van der Waals surface area contributed by atoms with E-state index in [2.05, 4.69) is 20.6 Å². The quantitative estimate of drug-likeness (QED) is 0.568. The largest absolute Gasteiger partial charge is 0.356 e. The zero-order chi connectivity index (χ0) is 12.8. The van der Waals surface area contributed by atoms with Crippen LogP contribution in [0, 0.1) is 0 Å². The van der Waals surface area contributed by atoms with Gasteiger partial charge in [0.2, 0.25) is 5.91 Å². The molecule has 0 unspecified atom stereocenters. The maximum absolute atomic E-state index is 11.3. The van der Waals surface area contributed by atoms with E-state index in [-0.39, 0.29) is 5.91 Å². The minimum Gasteiger partial charge on any atom is -0.356 e. The molecule has 2 rings (SSSR count). The van der Waals surface area contributed by atoms with E-state index in [9.17, 15) is 4.79 Å². The van der Waals surface area contributed by atoms with E-state index in [1.54, 1.807) is 0 Å². The van der Waals surface area contributed by atoms with Gasteiger partial charge < -0.3 is 10.6 Å². The molecule has 18 heavy (non-hydrogen) atoms. The molecular formula is C12H18N4OS. The van der Waals surface area contributed by atoms with E-state index in [1.165, 1.54) is 24.6 Å². The van der Waals surface area contributed by atoms with Crippen LogP contribution < -0.4 is 10.6 Å². The monoisotopic (exact) mass is 266 g/mol. The van der Waals surface area contributed by atoms with Crippen LogP contribution in [0.1, 0.15) is 25.3 Å². The Balaban J connectivity index is 1.73. The van der Waals surface area contributed by atoms with Crippen molar-refractivity contribution in [3.05, 3.63) is 18.0 Å². The highest BCUT2D eigenvalue weighted by atomic mass is 32.2. The molecule has 0 aromatic carbocycles. The topological polar surface area (TPSA) is 66.9 Å². The van der Waals surface area contributed by atoms with Gasteiger partial charge in [-0.3, -0.25) is 4.79 Å². The fraction of sp³-hybridized carbons (Fsp3) is 0.583. The average molecular weight is 266 g/mol. The second-order valence-corrected chi connectivity index (χ2v) is 5.21. The third-order valence-corrected chi connectivity index (χ3v) is 3.44. The number of hydrogen-bond donors (Lipinski definition) is 2. The number of hydrogen-bond acceptors (Lipinski definition) is 5. The lowest BCUT2D eigenvalue weighted by Crippen LogP contribution is -2.24. The Morgan fingerprint density at radius 1 is 1.44 bits per heavy atom. The van der Waals surface area contributed by atoms with Crippen LogP contribution in [0.3, 0.4) is 0 Å². The lowest BCUT2D eigenvalue weighted by atomic mass is 10.3. The second kappa shape index (κ2) is 6.70. The zero-order valence-corrected chi connectivity index (χ0v) is 11.3. The Bertz CT molecular complexity index is 392. The van der Waals surface area contributed by atoms with E-state index >= 15 is 0 Å². The highest BCUT2D eigenvalue weighted by Crippen LogP contribution is 2.19. The van der Waals surface area contributed by atoms with Crippen molar-refractivity contribution in [3.63, 3.8) is 0 Å². The molecule has 1 aromatic rings. The number of nitrogens with one attached hydrogen (secondary N) is 2. The molecule has 0 aliphatic heterocycles. The molecule has 0 atom stereocenters. The summed E-state index contributed by atoms with van der Waals surface area (Å²) in [6.45, 7) is 3.39. The third-order valence-electron chi connectivity index (χ3n) is 2.56. The molecule has 1 saturated carbocycles. The lowest BCUT2D eigenvalue weighted by molar-refractivity contribution is -0.118. The lowest BCUT2D eigenvalue weighted by Gasteiger charge is -2.04. The van der Waals surface area contributed by atoms with Crippen molar-refractivity contribution in [3.8, 4) is 0 Å². The predicted octanol–water partition coefficient (Wildman–Crippen LogP) is 0.957. The Morgan fingerprint density at radius 2 is 2.17 bits per heavy atom. The molecule has 1 fully saturated rings. The molecule has 1 aromatic heterocycles. The number of carbonyl (C=O) groups excluding carboxylic acids is 1. The summed E-state index contributed by atoms with van der Waals surface area (Å²) < 4.78 is 0. The molecule has 1 heterocycles. The van der Waals surface area contributed by atoms with Gasteiger partial charge in [-0.15, -0.1) is 0 Å². The van der Waals surface area contributed by atoms with Crippen LogP contribution in [0.25, 0.3) is 0 Å². The van der Waals surface area contributed by atoms with Gasteiger partial charge in [0.05, 0.1) is 5.75 Å². The number of aromatic nitrogens is 2. The van der Waals surface area contributed by atoms with Crippen LogP contribution in [0.2, 0.25) is 0 Å². The molecule has 98 valence electrons. The molecule has 1 aliphatic rings. The van der Waals surface area contributed by atoms with Crippen LogP contribution in [0.15, 0.2) is 17.6 Å². The van der Waals surface area contributed by atoms with Gasteiger partial charge in [-0.1, -0.05) is 11.8 Å². The zero-order valence-electron chi connectivity index (χ0n) is 10.5. The SMILES string of the molecule is CCNC(=O)CSc1ncc(CNC2CC2)cn1. The van der Waals surface area contributed by atoms with E-state index in [0.29, 0.717) is 23.5 Å². The van der Waals surface area contributed by atoms with Crippen molar-refractivity contribution >= 4 is 17.7 Å². The molecule has 1 amide bonds. The van der Waals surface area contributed by atoms with E-state index < -0.39 is 0 Å². The summed E-state index contributed by atoms with van der Waals surface area (Å²) in [6.07, 6.45) is 6.20. The standard InChI is InChI=1S/C12H18N4OS/c1-2-13-11(17)8-18-12-15-6-9(7-16-12)5-14-10-3-4-10/h6-7,10,14H,2-5,8H2,1H3,(H,13,17). The number of rotatable bonds is 7. The van der Waals surface area contributed by atoms with Crippen molar-refractivity contribution in [2.75, 3.05) is 12.3 Å². The van der Waals surface area contributed by atoms with Gasteiger partial charge in [-0.25, -0.2) is 9.97 Å². The summed E-state index contributed by atoms with van der Waals surface area (Å²) in [5, 5.41) is 6.80. The summed E-state index contributed by atoms with van der Waals surface area (Å²) >= 11 is 1.36. The summed E-state index contributed by atoms with van der Waals surface area (Å²) in [5.74, 6) is 0.388. The van der Waals surface area contributed by atoms with Crippen LogP contribution in [0.4, 0.5) is 0 Å². The first kappa shape index (κ1) is 13.3. The second-order valence-electron chi connectivity index (χ2n) is 4.27. The van der Waals surface area contributed by atoms with Gasteiger partial charge in [0.1, 0.15) is 0 Å². The first-order valence-corrected chi connectivity index (χ1v) is 7.20. The van der Waals surface area contributed by atoms with E-state index in [4.69, 9.17) is 0 Å². The number of nitrogens with zero attached hydrogens (tertiary/aromatic N) is 2. The minimum absolute atomic E-state index is 0.0191. The summed E-state index contributed by atoms with van der Waals surface area (Å²) in [6, 6.07) is 0.691. The van der Waals surface area contributed by atoms with Gasteiger partial charge in [0.25, 0.3) is 0 Å². The highest BCUT2D eigenvalue weighted by Gasteiger charge is 2.19. The van der Waals surface area contributed by atoms with Gasteiger partial charge in [0, 0.05) is 37.1 Å².